The van der Waals surface area contributed by atoms with Crippen molar-refractivity contribution in [2.45, 2.75) is 62.7 Å². The van der Waals surface area contributed by atoms with Gasteiger partial charge in [0.25, 0.3) is 0 Å². The largest absolute Gasteiger partial charge is 0.416 e. The Kier molecular flexibility index (Phi) is 6.87. The van der Waals surface area contributed by atoms with Crippen LogP contribution in [0.15, 0.2) is 42.5 Å². The Balaban J connectivity index is 1.60. The molecular weight excluding hydrogens is 479 g/mol. The van der Waals surface area contributed by atoms with Gasteiger partial charge in [-0.15, -0.1) is 0 Å². The molecule has 2 aliphatic rings. The molecule has 1 saturated heterocycles. The van der Waals surface area contributed by atoms with Crippen LogP contribution < -0.4 is 0 Å². The Morgan fingerprint density at radius 3 is 2.03 bits per heavy atom. The van der Waals surface area contributed by atoms with Crippen molar-refractivity contribution in [3.05, 3.63) is 70.5 Å². The maximum absolute atomic E-state index is 13.6. The number of halogens is 7. The lowest BCUT2D eigenvalue weighted by Crippen LogP contribution is -2.37. The summed E-state index contributed by atoms with van der Waals surface area (Å²) in [5, 5.41) is 0. The van der Waals surface area contributed by atoms with Crippen LogP contribution in [0.4, 0.5) is 30.7 Å². The minimum Gasteiger partial charge on any atom is -0.373 e. The molecule has 4 rings (SSSR count). The summed E-state index contributed by atoms with van der Waals surface area (Å²) in [6.07, 6.45) is -8.17. The number of amides is 1. The van der Waals surface area contributed by atoms with Crippen molar-refractivity contribution in [3.63, 3.8) is 0 Å². The summed E-state index contributed by atoms with van der Waals surface area (Å²) in [7, 11) is 1.72. The van der Waals surface area contributed by atoms with E-state index in [0.717, 1.165) is 5.56 Å². The Morgan fingerprint density at radius 2 is 1.51 bits per heavy atom. The van der Waals surface area contributed by atoms with Crippen molar-refractivity contribution in [2.75, 3.05) is 7.05 Å². The number of ether oxygens (including phenoxy) is 1. The third-order valence-corrected chi connectivity index (χ3v) is 7.05. The summed E-state index contributed by atoms with van der Waals surface area (Å²) >= 11 is 0. The maximum Gasteiger partial charge on any atom is 0.416 e. The molecule has 10 heteroatoms. The molecule has 190 valence electrons. The molecule has 2 aromatic rings. The molecule has 0 bridgehead atoms. The summed E-state index contributed by atoms with van der Waals surface area (Å²) in [5.74, 6) is -0.741. The molecule has 35 heavy (non-hydrogen) atoms. The highest BCUT2D eigenvalue weighted by Crippen LogP contribution is 2.47. The Bertz CT molecular complexity index is 1030. The second kappa shape index (κ2) is 9.44. The third kappa shape index (κ3) is 5.47. The van der Waals surface area contributed by atoms with E-state index in [4.69, 9.17) is 4.74 Å². The molecular formula is C25H24F7NO2. The number of hydrogen-bond donors (Lipinski definition) is 0. The molecule has 0 aromatic heterocycles. The number of nitrogens with zero attached hydrogens (tertiary/aromatic N) is 1. The van der Waals surface area contributed by atoms with Crippen molar-refractivity contribution in [3.8, 4) is 0 Å². The topological polar surface area (TPSA) is 29.5 Å². The molecule has 4 atom stereocenters. The van der Waals surface area contributed by atoms with Gasteiger partial charge in [0.05, 0.1) is 23.8 Å². The van der Waals surface area contributed by atoms with Crippen molar-refractivity contribution in [2.24, 2.45) is 5.92 Å². The van der Waals surface area contributed by atoms with Gasteiger partial charge in [0.15, 0.2) is 0 Å². The third-order valence-electron chi connectivity index (χ3n) is 7.05. The average molecular weight is 503 g/mol. The van der Waals surface area contributed by atoms with E-state index in [-0.39, 0.29) is 35.4 Å². The first-order chi connectivity index (χ1) is 16.3. The second-order valence-corrected chi connectivity index (χ2v) is 9.19. The van der Waals surface area contributed by atoms with Gasteiger partial charge in [-0.2, -0.15) is 26.3 Å². The molecule has 1 saturated carbocycles. The van der Waals surface area contributed by atoms with E-state index in [1.165, 1.54) is 12.1 Å². The lowest BCUT2D eigenvalue weighted by atomic mass is 9.82. The number of carbonyl (C=O) groups excluding carboxylic acids is 1. The first kappa shape index (κ1) is 25.5. The maximum atomic E-state index is 13.6. The smallest absolute Gasteiger partial charge is 0.373 e. The highest BCUT2D eigenvalue weighted by atomic mass is 19.4. The van der Waals surface area contributed by atoms with Crippen molar-refractivity contribution < 1.29 is 40.3 Å². The van der Waals surface area contributed by atoms with Gasteiger partial charge in [0.1, 0.15) is 5.82 Å². The van der Waals surface area contributed by atoms with Crippen LogP contribution >= 0.6 is 0 Å². The van der Waals surface area contributed by atoms with Crippen molar-refractivity contribution in [1.29, 1.82) is 0 Å². The lowest BCUT2D eigenvalue weighted by Gasteiger charge is -2.33. The minimum absolute atomic E-state index is 0.0147. The zero-order chi connectivity index (χ0) is 25.5. The normalized spacial score (nSPS) is 25.5. The van der Waals surface area contributed by atoms with E-state index < -0.39 is 42.0 Å². The van der Waals surface area contributed by atoms with E-state index in [1.807, 2.05) is 0 Å². The van der Waals surface area contributed by atoms with Gasteiger partial charge in [-0.25, -0.2) is 4.39 Å². The molecule has 2 aromatic carbocycles. The zero-order valence-corrected chi connectivity index (χ0v) is 18.8. The lowest BCUT2D eigenvalue weighted by molar-refractivity contribution is -0.143. The summed E-state index contributed by atoms with van der Waals surface area (Å²) in [4.78, 5) is 13.8. The number of benzene rings is 2. The van der Waals surface area contributed by atoms with E-state index in [1.54, 1.807) is 24.1 Å². The van der Waals surface area contributed by atoms with Crippen LogP contribution in [-0.2, 0) is 28.5 Å². The van der Waals surface area contributed by atoms with Gasteiger partial charge in [-0.05, 0) is 66.6 Å². The fraction of sp³-hybridized carbons (Fsp3) is 0.480. The Labute approximate surface area is 197 Å². The van der Waals surface area contributed by atoms with Gasteiger partial charge < -0.3 is 9.64 Å². The SMILES string of the molecule is CN1C(=O)CC[C@H]1[C@@H]1CC[C@H](OCc2cc(C(F)(F)F)cc(C(F)(F)F)c2)[C@H]1c1ccc(F)cc1. The Morgan fingerprint density at radius 1 is 0.914 bits per heavy atom. The van der Waals surface area contributed by atoms with Gasteiger partial charge in [-0.3, -0.25) is 4.79 Å². The molecule has 1 amide bonds. The quantitative estimate of drug-likeness (QED) is 0.433. The van der Waals surface area contributed by atoms with Crippen LogP contribution in [0.5, 0.6) is 0 Å². The molecule has 1 heterocycles. The van der Waals surface area contributed by atoms with Gasteiger partial charge in [-0.1, -0.05) is 12.1 Å². The summed E-state index contributed by atoms with van der Waals surface area (Å²) in [5.41, 5.74) is -2.26. The number of rotatable bonds is 5. The van der Waals surface area contributed by atoms with Crippen LogP contribution in [-0.4, -0.2) is 30.0 Å². The molecule has 0 radical (unpaired) electrons. The van der Waals surface area contributed by atoms with Crippen molar-refractivity contribution >= 4 is 5.91 Å². The van der Waals surface area contributed by atoms with Crippen LogP contribution in [0.1, 0.15) is 53.9 Å². The number of likely N-dealkylation sites (tertiary alicyclic amines) is 1. The van der Waals surface area contributed by atoms with Crippen LogP contribution in [0.2, 0.25) is 0 Å². The molecule has 0 N–H and O–H groups in total. The monoisotopic (exact) mass is 503 g/mol. The average Bonchev–Trinajstić information content (AvgIpc) is 3.34. The minimum atomic E-state index is -4.94. The first-order valence-corrected chi connectivity index (χ1v) is 11.3. The van der Waals surface area contributed by atoms with E-state index >= 15 is 0 Å². The molecule has 2 fully saturated rings. The number of alkyl halides is 6. The summed E-state index contributed by atoms with van der Waals surface area (Å²) in [6.45, 7) is -0.443. The van der Waals surface area contributed by atoms with Crippen molar-refractivity contribution in [1.82, 2.24) is 4.90 Å². The molecule has 0 unspecified atom stereocenters. The standard InChI is InChI=1S/C25H24F7NO2/c1-33-20(7-9-22(33)34)19-6-8-21(23(19)15-2-4-18(26)5-3-15)35-13-14-10-16(24(27,28)29)12-17(11-14)25(30,31)32/h2-5,10-12,19-21,23H,6-9,13H2,1H3/t19-,20-,21-,23-/m0/s1. The number of carbonyl (C=O) groups is 1. The van der Waals surface area contributed by atoms with Crippen LogP contribution in [0, 0.1) is 11.7 Å². The van der Waals surface area contributed by atoms with Gasteiger partial charge in [0.2, 0.25) is 5.91 Å². The molecule has 1 aliphatic carbocycles. The highest BCUT2D eigenvalue weighted by Gasteiger charge is 2.46. The van der Waals surface area contributed by atoms with E-state index in [9.17, 15) is 35.5 Å². The first-order valence-electron chi connectivity index (χ1n) is 11.3. The predicted octanol–water partition coefficient (Wildman–Crippen LogP) is 6.56. The summed E-state index contributed by atoms with van der Waals surface area (Å²) < 4.78 is 98.8. The van der Waals surface area contributed by atoms with Crippen LogP contribution in [0.25, 0.3) is 0 Å². The fourth-order valence-electron chi connectivity index (χ4n) is 5.39. The Hall–Kier alpha value is -2.62. The second-order valence-electron chi connectivity index (χ2n) is 9.19. The highest BCUT2D eigenvalue weighted by molar-refractivity contribution is 5.78. The number of hydrogen-bond acceptors (Lipinski definition) is 2. The fourth-order valence-corrected chi connectivity index (χ4v) is 5.39. The van der Waals surface area contributed by atoms with Crippen LogP contribution in [0.3, 0.4) is 0 Å². The molecule has 1 aliphatic heterocycles. The molecule has 3 nitrogen and oxygen atoms in total. The predicted molar refractivity (Wildman–Crippen MR) is 113 cm³/mol. The van der Waals surface area contributed by atoms with Gasteiger partial charge in [0, 0.05) is 25.4 Å². The van der Waals surface area contributed by atoms with E-state index in [0.29, 0.717) is 37.8 Å². The molecule has 0 spiro atoms. The summed E-state index contributed by atoms with van der Waals surface area (Å²) in [6, 6.07) is 7.16. The zero-order valence-electron chi connectivity index (χ0n) is 18.8. The van der Waals surface area contributed by atoms with Gasteiger partial charge >= 0.3 is 12.4 Å². The van der Waals surface area contributed by atoms with E-state index in [2.05, 4.69) is 0 Å².